The van der Waals surface area contributed by atoms with E-state index in [1.54, 1.807) is 7.11 Å². The van der Waals surface area contributed by atoms with Crippen LogP contribution >= 0.6 is 15.9 Å². The highest BCUT2D eigenvalue weighted by molar-refractivity contribution is 9.10. The Balaban J connectivity index is 2.03. The number of pyridine rings is 1. The van der Waals surface area contributed by atoms with Gasteiger partial charge in [-0.3, -0.25) is 0 Å². The monoisotopic (exact) mass is 399 g/mol. The minimum atomic E-state index is -0.389. The molecule has 0 amide bonds. The molecule has 0 bridgehead atoms. The van der Waals surface area contributed by atoms with Gasteiger partial charge in [-0.1, -0.05) is 6.07 Å². The predicted molar refractivity (Wildman–Crippen MR) is 98.7 cm³/mol. The zero-order valence-electron chi connectivity index (χ0n) is 15.2. The Hall–Kier alpha value is -0.465. The van der Waals surface area contributed by atoms with Gasteiger partial charge >= 0.3 is 7.12 Å². The highest BCUT2D eigenvalue weighted by Gasteiger charge is 2.52. The van der Waals surface area contributed by atoms with Crippen LogP contribution in [0.5, 0.6) is 0 Å². The molecule has 0 atom stereocenters. The van der Waals surface area contributed by atoms with Gasteiger partial charge in [0.25, 0.3) is 0 Å². The van der Waals surface area contributed by atoms with Crippen LogP contribution in [0.3, 0.4) is 0 Å². The van der Waals surface area contributed by atoms with Crippen molar-refractivity contribution in [2.24, 2.45) is 0 Å². The predicted octanol–water partition coefficient (Wildman–Crippen LogP) is 2.74. The first-order valence-corrected chi connectivity index (χ1v) is 9.14. The fraction of sp³-hybridized carbons (Fsp3) is 0.706. The Kier molecular flexibility index (Phi) is 6.85. The lowest BCUT2D eigenvalue weighted by Crippen LogP contribution is -2.41. The molecule has 2 rings (SSSR count). The molecule has 1 saturated heterocycles. The van der Waals surface area contributed by atoms with Crippen molar-refractivity contribution in [2.45, 2.75) is 51.7 Å². The van der Waals surface area contributed by atoms with Gasteiger partial charge in [-0.2, -0.15) is 0 Å². The number of hydrogen-bond donors (Lipinski definition) is 0. The lowest BCUT2D eigenvalue weighted by Gasteiger charge is -2.32. The summed E-state index contributed by atoms with van der Waals surface area (Å²) in [5.74, 6) is 0. The summed E-state index contributed by atoms with van der Waals surface area (Å²) in [4.78, 5) is 4.62. The summed E-state index contributed by atoms with van der Waals surface area (Å²) in [6.45, 7) is 10.2. The molecular weight excluding hydrogens is 373 g/mol. The minimum absolute atomic E-state index is 0.356. The van der Waals surface area contributed by atoms with Gasteiger partial charge in [-0.15, -0.1) is 0 Å². The van der Waals surface area contributed by atoms with Crippen molar-refractivity contribution < 1.29 is 18.8 Å². The van der Waals surface area contributed by atoms with Gasteiger partial charge in [0.1, 0.15) is 4.60 Å². The zero-order chi connectivity index (χ0) is 17.8. The van der Waals surface area contributed by atoms with Crippen LogP contribution in [0.4, 0.5) is 0 Å². The molecule has 7 heteroatoms. The second-order valence-corrected chi connectivity index (χ2v) is 7.78. The molecule has 0 unspecified atom stereocenters. The van der Waals surface area contributed by atoms with Crippen LogP contribution in [0.15, 0.2) is 16.7 Å². The SMILES string of the molecule is COCCOCCCc1nc(Br)ccc1B1OC(C)(C)C(C)(C)O1. The molecular formula is C17H27BBrNO4. The first-order chi connectivity index (χ1) is 11.3. The molecule has 5 nitrogen and oxygen atoms in total. The fourth-order valence-electron chi connectivity index (χ4n) is 2.46. The maximum Gasteiger partial charge on any atom is 0.496 e. The molecule has 0 aliphatic carbocycles. The van der Waals surface area contributed by atoms with Crippen LogP contribution in [-0.4, -0.2) is 50.2 Å². The van der Waals surface area contributed by atoms with E-state index in [4.69, 9.17) is 18.8 Å². The molecule has 0 aromatic carbocycles. The molecule has 1 aromatic heterocycles. The van der Waals surface area contributed by atoms with Gasteiger partial charge in [-0.25, -0.2) is 4.98 Å². The highest BCUT2D eigenvalue weighted by atomic mass is 79.9. The third kappa shape index (κ3) is 4.79. The molecule has 1 aromatic rings. The number of rotatable bonds is 8. The van der Waals surface area contributed by atoms with Crippen LogP contribution in [0.25, 0.3) is 0 Å². The van der Waals surface area contributed by atoms with E-state index in [1.165, 1.54) is 0 Å². The van der Waals surface area contributed by atoms with Crippen molar-refractivity contribution in [3.8, 4) is 0 Å². The van der Waals surface area contributed by atoms with E-state index in [9.17, 15) is 0 Å². The average Bonchev–Trinajstić information content (AvgIpc) is 2.71. The van der Waals surface area contributed by atoms with Gasteiger partial charge < -0.3 is 18.8 Å². The quantitative estimate of drug-likeness (QED) is 0.382. The normalized spacial score (nSPS) is 19.0. The molecule has 0 N–H and O–H groups in total. The van der Waals surface area contributed by atoms with Crippen LogP contribution in [0.2, 0.25) is 0 Å². The first kappa shape index (κ1) is 19.9. The van der Waals surface area contributed by atoms with Crippen molar-refractivity contribution in [3.05, 3.63) is 22.4 Å². The molecule has 2 heterocycles. The van der Waals surface area contributed by atoms with Crippen LogP contribution in [-0.2, 0) is 25.2 Å². The van der Waals surface area contributed by atoms with E-state index in [2.05, 4.69) is 48.6 Å². The van der Waals surface area contributed by atoms with Crippen molar-refractivity contribution in [1.29, 1.82) is 0 Å². The van der Waals surface area contributed by atoms with Gasteiger partial charge in [0.15, 0.2) is 0 Å². The van der Waals surface area contributed by atoms with Gasteiger partial charge in [0.05, 0.1) is 24.4 Å². The van der Waals surface area contributed by atoms with Crippen molar-refractivity contribution in [2.75, 3.05) is 26.9 Å². The summed E-state index contributed by atoms with van der Waals surface area (Å²) in [6, 6.07) is 3.96. The topological polar surface area (TPSA) is 49.8 Å². The Labute approximate surface area is 153 Å². The lowest BCUT2D eigenvalue weighted by molar-refractivity contribution is 0.00578. The van der Waals surface area contributed by atoms with E-state index < -0.39 is 0 Å². The Morgan fingerprint density at radius 2 is 1.75 bits per heavy atom. The smallest absolute Gasteiger partial charge is 0.399 e. The number of methoxy groups -OCH3 is 1. The number of aromatic nitrogens is 1. The second kappa shape index (κ2) is 8.28. The fourth-order valence-corrected chi connectivity index (χ4v) is 2.80. The standard InChI is InChI=1S/C17H27BBrNO4/c1-16(2)17(3,4)24-18(23-16)13-8-9-15(19)20-14(13)7-6-10-22-12-11-21-5/h8-9H,6-7,10-12H2,1-5H3. The Morgan fingerprint density at radius 1 is 1.08 bits per heavy atom. The summed E-state index contributed by atoms with van der Waals surface area (Å²) >= 11 is 3.45. The summed E-state index contributed by atoms with van der Waals surface area (Å²) in [5, 5.41) is 0. The molecule has 134 valence electrons. The Morgan fingerprint density at radius 3 is 2.38 bits per heavy atom. The van der Waals surface area contributed by atoms with E-state index >= 15 is 0 Å². The van der Waals surface area contributed by atoms with Crippen LogP contribution in [0.1, 0.15) is 39.8 Å². The summed E-state index contributed by atoms with van der Waals surface area (Å²) in [7, 11) is 1.28. The molecule has 1 aliphatic heterocycles. The number of halogens is 1. The van der Waals surface area contributed by atoms with Crippen molar-refractivity contribution >= 4 is 28.5 Å². The molecule has 1 fully saturated rings. The molecule has 0 radical (unpaired) electrons. The largest absolute Gasteiger partial charge is 0.496 e. The Bertz CT molecular complexity index is 537. The third-order valence-electron chi connectivity index (χ3n) is 4.62. The summed E-state index contributed by atoms with van der Waals surface area (Å²) in [6.07, 6.45) is 1.70. The maximum absolute atomic E-state index is 6.16. The number of hydrogen-bond acceptors (Lipinski definition) is 5. The summed E-state index contributed by atoms with van der Waals surface area (Å²) in [5.41, 5.74) is 1.27. The van der Waals surface area contributed by atoms with Crippen molar-refractivity contribution in [3.63, 3.8) is 0 Å². The third-order valence-corrected chi connectivity index (χ3v) is 5.06. The van der Waals surface area contributed by atoms with E-state index in [-0.39, 0.29) is 18.3 Å². The number of nitrogens with zero attached hydrogens (tertiary/aromatic N) is 1. The second-order valence-electron chi connectivity index (χ2n) is 6.97. The number of aryl methyl sites for hydroxylation is 1. The van der Waals surface area contributed by atoms with Gasteiger partial charge in [-0.05, 0) is 62.5 Å². The maximum atomic E-state index is 6.16. The van der Waals surface area contributed by atoms with Gasteiger partial charge in [0.2, 0.25) is 0 Å². The summed E-state index contributed by atoms with van der Waals surface area (Å²) < 4.78 is 23.6. The average molecular weight is 400 g/mol. The lowest BCUT2D eigenvalue weighted by atomic mass is 9.77. The van der Waals surface area contributed by atoms with E-state index in [0.717, 1.165) is 28.6 Å². The number of ether oxygens (including phenoxy) is 2. The van der Waals surface area contributed by atoms with Gasteiger partial charge in [0, 0.05) is 24.9 Å². The molecule has 1 aliphatic rings. The van der Waals surface area contributed by atoms with Crippen LogP contribution < -0.4 is 5.46 Å². The highest BCUT2D eigenvalue weighted by Crippen LogP contribution is 2.36. The van der Waals surface area contributed by atoms with E-state index in [0.29, 0.717) is 19.8 Å². The molecule has 24 heavy (non-hydrogen) atoms. The molecule has 0 saturated carbocycles. The first-order valence-electron chi connectivity index (χ1n) is 8.34. The zero-order valence-corrected chi connectivity index (χ0v) is 16.8. The van der Waals surface area contributed by atoms with Crippen LogP contribution in [0, 0.1) is 0 Å². The van der Waals surface area contributed by atoms with E-state index in [1.807, 2.05) is 12.1 Å². The van der Waals surface area contributed by atoms with Crippen molar-refractivity contribution in [1.82, 2.24) is 4.98 Å². The molecule has 0 spiro atoms. The minimum Gasteiger partial charge on any atom is -0.399 e.